The summed E-state index contributed by atoms with van der Waals surface area (Å²) in [6, 6.07) is 4.12. The molecule has 1 fully saturated rings. The maximum atomic E-state index is 13.0. The number of hydrogen-bond acceptors (Lipinski definition) is 4. The Morgan fingerprint density at radius 2 is 2.00 bits per heavy atom. The summed E-state index contributed by atoms with van der Waals surface area (Å²) >= 11 is 0. The molecule has 0 aromatic heterocycles. The lowest BCUT2D eigenvalue weighted by molar-refractivity contribution is 0.0165. The van der Waals surface area contributed by atoms with Crippen LogP contribution in [0.15, 0.2) is 18.2 Å². The summed E-state index contributed by atoms with van der Waals surface area (Å²) in [6.45, 7) is 7.40. The van der Waals surface area contributed by atoms with Crippen LogP contribution in [0.5, 0.6) is 5.75 Å². The second-order valence-electron chi connectivity index (χ2n) is 6.90. The molecule has 128 valence electrons. The van der Waals surface area contributed by atoms with Crippen LogP contribution >= 0.6 is 0 Å². The van der Waals surface area contributed by atoms with Gasteiger partial charge in [-0.1, -0.05) is 0 Å². The minimum Gasteiger partial charge on any atom is -0.491 e. The number of benzene rings is 1. The van der Waals surface area contributed by atoms with Gasteiger partial charge in [-0.3, -0.25) is 0 Å². The van der Waals surface area contributed by atoms with E-state index in [1.54, 1.807) is 11.0 Å². The number of carbonyl (C=O) groups is 1. The highest BCUT2D eigenvalue weighted by atomic mass is 19.1. The van der Waals surface area contributed by atoms with Crippen molar-refractivity contribution in [2.24, 2.45) is 5.92 Å². The average molecular weight is 324 g/mol. The summed E-state index contributed by atoms with van der Waals surface area (Å²) in [7, 11) is 0. The Kier molecular flexibility index (Phi) is 5.34. The van der Waals surface area contributed by atoms with E-state index in [4.69, 9.17) is 15.2 Å². The van der Waals surface area contributed by atoms with Crippen LogP contribution in [-0.4, -0.2) is 36.3 Å². The maximum absolute atomic E-state index is 13.0. The minimum atomic E-state index is -0.475. The number of likely N-dealkylation sites (tertiary alicyclic amines) is 1. The summed E-state index contributed by atoms with van der Waals surface area (Å²) in [4.78, 5) is 13.7. The van der Waals surface area contributed by atoms with E-state index in [9.17, 15) is 9.18 Å². The van der Waals surface area contributed by atoms with Crippen LogP contribution in [0.25, 0.3) is 0 Å². The first-order valence-electron chi connectivity index (χ1n) is 7.90. The molecule has 0 bridgehead atoms. The first-order valence-corrected chi connectivity index (χ1v) is 7.90. The molecule has 1 aliphatic heterocycles. The standard InChI is InChI=1S/C17H25FN2O3/c1-17(2,3)23-16(21)20-8-6-12(7-9-20)11-22-15-5-4-13(18)10-14(15)19/h4-5,10,12H,6-9,11,19H2,1-3H3. The first-order chi connectivity index (χ1) is 10.7. The van der Waals surface area contributed by atoms with Crippen LogP contribution in [0.4, 0.5) is 14.9 Å². The van der Waals surface area contributed by atoms with Crippen molar-refractivity contribution in [3.63, 3.8) is 0 Å². The monoisotopic (exact) mass is 324 g/mol. The Labute approximate surface area is 136 Å². The number of nitrogen functional groups attached to an aromatic ring is 1. The van der Waals surface area contributed by atoms with Gasteiger partial charge in [-0.05, 0) is 51.7 Å². The van der Waals surface area contributed by atoms with Crippen molar-refractivity contribution in [3.05, 3.63) is 24.0 Å². The van der Waals surface area contributed by atoms with Crippen molar-refractivity contribution in [2.75, 3.05) is 25.4 Å². The Morgan fingerprint density at radius 3 is 2.57 bits per heavy atom. The van der Waals surface area contributed by atoms with E-state index in [0.29, 0.717) is 37.1 Å². The number of anilines is 1. The second kappa shape index (κ2) is 7.06. The summed E-state index contributed by atoms with van der Waals surface area (Å²) in [5, 5.41) is 0. The predicted octanol–water partition coefficient (Wildman–Crippen LogP) is 3.43. The van der Waals surface area contributed by atoms with Crippen LogP contribution in [0.1, 0.15) is 33.6 Å². The minimum absolute atomic E-state index is 0.264. The van der Waals surface area contributed by atoms with E-state index < -0.39 is 5.60 Å². The van der Waals surface area contributed by atoms with Gasteiger partial charge in [-0.25, -0.2) is 9.18 Å². The fourth-order valence-corrected chi connectivity index (χ4v) is 2.47. The fourth-order valence-electron chi connectivity index (χ4n) is 2.47. The third-order valence-electron chi connectivity index (χ3n) is 3.71. The molecule has 0 saturated carbocycles. The molecule has 1 aromatic carbocycles. The van der Waals surface area contributed by atoms with Gasteiger partial charge >= 0.3 is 6.09 Å². The molecule has 5 nitrogen and oxygen atoms in total. The molecule has 0 aliphatic carbocycles. The average Bonchev–Trinajstić information content (AvgIpc) is 2.45. The summed E-state index contributed by atoms with van der Waals surface area (Å²) < 4.78 is 24.0. The second-order valence-corrected chi connectivity index (χ2v) is 6.90. The van der Waals surface area contributed by atoms with Crippen molar-refractivity contribution in [1.29, 1.82) is 0 Å². The van der Waals surface area contributed by atoms with Gasteiger partial charge < -0.3 is 20.1 Å². The molecule has 0 spiro atoms. The summed E-state index contributed by atoms with van der Waals surface area (Å²) in [5.74, 6) is 0.472. The van der Waals surface area contributed by atoms with Crippen molar-refractivity contribution >= 4 is 11.8 Å². The third-order valence-corrected chi connectivity index (χ3v) is 3.71. The molecular weight excluding hydrogens is 299 g/mol. The van der Waals surface area contributed by atoms with Gasteiger partial charge in [0, 0.05) is 19.2 Å². The number of halogens is 1. The van der Waals surface area contributed by atoms with Crippen molar-refractivity contribution in [1.82, 2.24) is 4.90 Å². The highest BCUT2D eigenvalue weighted by Crippen LogP contribution is 2.25. The van der Waals surface area contributed by atoms with Gasteiger partial charge in [0.05, 0.1) is 12.3 Å². The molecule has 2 rings (SSSR count). The number of hydrogen-bond donors (Lipinski definition) is 1. The van der Waals surface area contributed by atoms with Crippen LogP contribution in [-0.2, 0) is 4.74 Å². The zero-order valence-electron chi connectivity index (χ0n) is 14.0. The molecule has 1 saturated heterocycles. The van der Waals surface area contributed by atoms with Crippen LogP contribution < -0.4 is 10.5 Å². The van der Waals surface area contributed by atoms with Crippen LogP contribution in [0.3, 0.4) is 0 Å². The normalized spacial score (nSPS) is 16.3. The van der Waals surface area contributed by atoms with Gasteiger partial charge in [-0.15, -0.1) is 0 Å². The number of nitrogens with zero attached hydrogens (tertiary/aromatic N) is 1. The van der Waals surface area contributed by atoms with Crippen molar-refractivity contribution in [3.8, 4) is 5.75 Å². The zero-order chi connectivity index (χ0) is 17.0. The Balaban J connectivity index is 1.77. The van der Waals surface area contributed by atoms with Gasteiger partial charge in [0.15, 0.2) is 0 Å². The van der Waals surface area contributed by atoms with E-state index in [2.05, 4.69) is 0 Å². The Morgan fingerprint density at radius 1 is 1.35 bits per heavy atom. The Bertz CT molecular complexity index is 549. The lowest BCUT2D eigenvalue weighted by Crippen LogP contribution is -2.42. The number of piperidine rings is 1. The fraction of sp³-hybridized carbons (Fsp3) is 0.588. The third kappa shape index (κ3) is 5.30. The molecule has 2 N–H and O–H groups in total. The van der Waals surface area contributed by atoms with E-state index >= 15 is 0 Å². The lowest BCUT2D eigenvalue weighted by Gasteiger charge is -2.33. The zero-order valence-corrected chi connectivity index (χ0v) is 14.0. The quantitative estimate of drug-likeness (QED) is 0.865. The molecule has 23 heavy (non-hydrogen) atoms. The van der Waals surface area contributed by atoms with Gasteiger partial charge in [0.2, 0.25) is 0 Å². The van der Waals surface area contributed by atoms with Crippen LogP contribution in [0.2, 0.25) is 0 Å². The highest BCUT2D eigenvalue weighted by Gasteiger charge is 2.27. The molecule has 0 atom stereocenters. The molecule has 0 radical (unpaired) electrons. The first kappa shape index (κ1) is 17.4. The molecule has 6 heteroatoms. The predicted molar refractivity (Wildman–Crippen MR) is 86.8 cm³/mol. The van der Waals surface area contributed by atoms with E-state index in [1.165, 1.54) is 12.1 Å². The topological polar surface area (TPSA) is 64.8 Å². The van der Waals surface area contributed by atoms with E-state index in [-0.39, 0.29) is 11.9 Å². The van der Waals surface area contributed by atoms with Gasteiger partial charge in [-0.2, -0.15) is 0 Å². The smallest absolute Gasteiger partial charge is 0.410 e. The van der Waals surface area contributed by atoms with E-state index in [1.807, 2.05) is 20.8 Å². The largest absolute Gasteiger partial charge is 0.491 e. The van der Waals surface area contributed by atoms with Crippen molar-refractivity contribution in [2.45, 2.75) is 39.2 Å². The molecular formula is C17H25FN2O3. The van der Waals surface area contributed by atoms with E-state index in [0.717, 1.165) is 12.8 Å². The Hall–Kier alpha value is -1.98. The highest BCUT2D eigenvalue weighted by molar-refractivity contribution is 5.68. The summed E-state index contributed by atoms with van der Waals surface area (Å²) in [6.07, 6.45) is 1.43. The number of rotatable bonds is 3. The SMILES string of the molecule is CC(C)(C)OC(=O)N1CCC(COc2ccc(F)cc2N)CC1. The number of nitrogens with two attached hydrogens (primary N) is 1. The van der Waals surface area contributed by atoms with Gasteiger partial charge in [0.1, 0.15) is 17.2 Å². The van der Waals surface area contributed by atoms with Crippen LogP contribution in [0, 0.1) is 11.7 Å². The maximum Gasteiger partial charge on any atom is 0.410 e. The number of ether oxygens (including phenoxy) is 2. The molecule has 1 amide bonds. The lowest BCUT2D eigenvalue weighted by atomic mass is 9.98. The number of amides is 1. The number of carbonyl (C=O) groups excluding carboxylic acids is 1. The van der Waals surface area contributed by atoms with Crippen molar-refractivity contribution < 1.29 is 18.7 Å². The molecule has 1 aromatic rings. The molecule has 1 aliphatic rings. The van der Waals surface area contributed by atoms with Gasteiger partial charge in [0.25, 0.3) is 0 Å². The molecule has 1 heterocycles. The molecule has 0 unspecified atom stereocenters. The summed E-state index contributed by atoms with van der Waals surface area (Å²) in [5.41, 5.74) is 5.55.